The molecular formula is C25H24N2O6. The molecule has 1 saturated heterocycles. The number of hydrogen-bond donors (Lipinski definition) is 1. The molecule has 1 N–H and O–H groups in total. The van der Waals surface area contributed by atoms with E-state index in [-0.39, 0.29) is 30.6 Å². The highest BCUT2D eigenvalue weighted by atomic mass is 16.5. The van der Waals surface area contributed by atoms with Gasteiger partial charge in [-0.1, -0.05) is 18.2 Å². The van der Waals surface area contributed by atoms with Crippen LogP contribution in [0.25, 0.3) is 5.76 Å². The molecule has 2 unspecified atom stereocenters. The van der Waals surface area contributed by atoms with Crippen LogP contribution in [0.1, 0.15) is 23.6 Å². The maximum absolute atomic E-state index is 13.8. The van der Waals surface area contributed by atoms with Crippen molar-refractivity contribution in [2.24, 2.45) is 0 Å². The minimum Gasteiger partial charge on any atom is -0.507 e. The summed E-state index contributed by atoms with van der Waals surface area (Å²) in [4.78, 5) is 43.0. The Morgan fingerprint density at radius 3 is 2.73 bits per heavy atom. The smallest absolute Gasteiger partial charge is 0.296 e. The lowest BCUT2D eigenvalue weighted by molar-refractivity contribution is -0.144. The number of rotatable bonds is 4. The number of carbonyl (C=O) groups excluding carboxylic acids is 3. The number of likely N-dealkylation sites (N-methyl/N-ethyl adjacent to an activating group) is 1. The fraction of sp³-hybridized carbons (Fsp3) is 0.320. The zero-order valence-electron chi connectivity index (χ0n) is 18.6. The summed E-state index contributed by atoms with van der Waals surface area (Å²) in [5, 5.41) is 11.4. The van der Waals surface area contributed by atoms with Gasteiger partial charge >= 0.3 is 0 Å². The number of fused-ring (bicyclic) bond motifs is 3. The molecule has 3 aliphatic rings. The molecule has 0 bridgehead atoms. The minimum absolute atomic E-state index is 0.00699. The standard InChI is InChI=1S/C25H24N2O6/c1-14-12-16-13-15(8-9-19(16)33-14)21(28)20-22(29)23(30)27(10-11-32-3)25(20)17-6-4-5-7-18(17)26(2)24(25)31/h4-9,13-14,28H,10-12H2,1-3H3/b21-20-. The Bertz CT molecular complexity index is 1240. The molecule has 3 heterocycles. The van der Waals surface area contributed by atoms with Crippen LogP contribution in [0.4, 0.5) is 5.69 Å². The van der Waals surface area contributed by atoms with Crippen molar-refractivity contribution in [1.29, 1.82) is 0 Å². The number of para-hydroxylation sites is 1. The van der Waals surface area contributed by atoms with Gasteiger partial charge in [0.2, 0.25) is 0 Å². The van der Waals surface area contributed by atoms with E-state index >= 15 is 0 Å². The van der Waals surface area contributed by atoms with Crippen LogP contribution in [-0.2, 0) is 31.1 Å². The number of anilines is 1. The molecule has 8 heteroatoms. The maximum atomic E-state index is 13.8. The third-order valence-electron chi connectivity index (χ3n) is 6.63. The number of ether oxygens (including phenoxy) is 2. The first kappa shape index (κ1) is 21.2. The van der Waals surface area contributed by atoms with Gasteiger partial charge in [0.1, 0.15) is 17.6 Å². The summed E-state index contributed by atoms with van der Waals surface area (Å²) in [6.07, 6.45) is 0.668. The second kappa shape index (κ2) is 7.45. The van der Waals surface area contributed by atoms with Crippen LogP contribution in [0.5, 0.6) is 5.75 Å². The first-order valence-corrected chi connectivity index (χ1v) is 10.8. The van der Waals surface area contributed by atoms with Gasteiger partial charge in [0, 0.05) is 43.9 Å². The number of aliphatic hydroxyl groups is 1. The predicted molar refractivity (Wildman–Crippen MR) is 120 cm³/mol. The Morgan fingerprint density at radius 1 is 1.21 bits per heavy atom. The molecule has 170 valence electrons. The van der Waals surface area contributed by atoms with Crippen molar-refractivity contribution < 1.29 is 29.0 Å². The van der Waals surface area contributed by atoms with E-state index in [1.54, 1.807) is 49.5 Å². The molecule has 2 amide bonds. The van der Waals surface area contributed by atoms with E-state index in [1.807, 2.05) is 6.92 Å². The predicted octanol–water partition coefficient (Wildman–Crippen LogP) is 2.21. The van der Waals surface area contributed by atoms with E-state index in [9.17, 15) is 19.5 Å². The largest absolute Gasteiger partial charge is 0.507 e. The highest BCUT2D eigenvalue weighted by Gasteiger charge is 2.66. The van der Waals surface area contributed by atoms with Crippen LogP contribution in [0, 0.1) is 0 Å². The number of hydrogen-bond acceptors (Lipinski definition) is 6. The average Bonchev–Trinajstić information content (AvgIpc) is 3.37. The number of nitrogens with zero attached hydrogens (tertiary/aromatic N) is 2. The van der Waals surface area contributed by atoms with Gasteiger partial charge in [0.15, 0.2) is 5.54 Å². The Morgan fingerprint density at radius 2 is 1.97 bits per heavy atom. The van der Waals surface area contributed by atoms with E-state index in [1.165, 1.54) is 16.9 Å². The Labute approximate surface area is 191 Å². The first-order chi connectivity index (χ1) is 15.8. The van der Waals surface area contributed by atoms with E-state index in [2.05, 4.69) is 0 Å². The summed E-state index contributed by atoms with van der Waals surface area (Å²) >= 11 is 0. The number of benzene rings is 2. The van der Waals surface area contributed by atoms with Gasteiger partial charge in [-0.3, -0.25) is 14.4 Å². The molecule has 2 atom stereocenters. The summed E-state index contributed by atoms with van der Waals surface area (Å²) in [7, 11) is 3.08. The highest BCUT2D eigenvalue weighted by Crippen LogP contribution is 2.53. The highest BCUT2D eigenvalue weighted by molar-refractivity contribution is 6.50. The van der Waals surface area contributed by atoms with Crippen molar-refractivity contribution in [1.82, 2.24) is 4.90 Å². The third-order valence-corrected chi connectivity index (χ3v) is 6.63. The van der Waals surface area contributed by atoms with Crippen LogP contribution >= 0.6 is 0 Å². The summed E-state index contributed by atoms with van der Waals surface area (Å²) in [6.45, 7) is 2.09. The van der Waals surface area contributed by atoms with E-state index in [0.717, 1.165) is 11.3 Å². The molecule has 3 aliphatic heterocycles. The molecule has 8 nitrogen and oxygen atoms in total. The van der Waals surface area contributed by atoms with Gasteiger partial charge in [-0.25, -0.2) is 0 Å². The molecule has 0 aliphatic carbocycles. The topological polar surface area (TPSA) is 96.4 Å². The summed E-state index contributed by atoms with van der Waals surface area (Å²) in [5.41, 5.74) is 0.323. The number of aliphatic hydroxyl groups excluding tert-OH is 1. The zero-order valence-corrected chi connectivity index (χ0v) is 18.6. The molecule has 0 radical (unpaired) electrons. The van der Waals surface area contributed by atoms with Crippen molar-refractivity contribution in [2.75, 3.05) is 32.2 Å². The third kappa shape index (κ3) is 2.77. The quantitative estimate of drug-likeness (QED) is 0.438. The fourth-order valence-electron chi connectivity index (χ4n) is 5.17. The van der Waals surface area contributed by atoms with Crippen molar-refractivity contribution in [2.45, 2.75) is 25.0 Å². The molecule has 0 saturated carbocycles. The van der Waals surface area contributed by atoms with Gasteiger partial charge < -0.3 is 24.4 Å². The van der Waals surface area contributed by atoms with E-state index in [4.69, 9.17) is 9.47 Å². The van der Waals surface area contributed by atoms with Gasteiger partial charge in [-0.15, -0.1) is 0 Å². The van der Waals surface area contributed by atoms with Gasteiger partial charge in [0.25, 0.3) is 17.6 Å². The number of methoxy groups -OCH3 is 1. The Hall–Kier alpha value is -3.65. The number of ketones is 1. The van der Waals surface area contributed by atoms with Gasteiger partial charge in [-0.2, -0.15) is 0 Å². The first-order valence-electron chi connectivity index (χ1n) is 10.8. The molecule has 1 spiro atoms. The van der Waals surface area contributed by atoms with Crippen LogP contribution < -0.4 is 9.64 Å². The second-order valence-electron chi connectivity index (χ2n) is 8.55. The second-order valence-corrected chi connectivity index (χ2v) is 8.55. The van der Waals surface area contributed by atoms with E-state index < -0.39 is 23.1 Å². The monoisotopic (exact) mass is 448 g/mol. The molecule has 5 rings (SSSR count). The molecule has 2 aromatic carbocycles. The lowest BCUT2D eigenvalue weighted by atomic mass is 9.81. The van der Waals surface area contributed by atoms with Crippen molar-refractivity contribution >= 4 is 29.0 Å². The van der Waals surface area contributed by atoms with Crippen molar-refractivity contribution in [3.8, 4) is 5.75 Å². The fourth-order valence-corrected chi connectivity index (χ4v) is 5.17. The molecule has 1 fully saturated rings. The molecule has 0 aromatic heterocycles. The van der Waals surface area contributed by atoms with Crippen LogP contribution in [0.15, 0.2) is 48.0 Å². The van der Waals surface area contributed by atoms with Crippen molar-refractivity contribution in [3.63, 3.8) is 0 Å². The SMILES string of the molecule is COCCN1C(=O)C(=O)/C(=C(/O)c2ccc3c(c2)CC(C)O3)C12C(=O)N(C)c1ccccc12. The number of amides is 2. The number of likely N-dealkylation sites (tertiary alicyclic amines) is 1. The maximum Gasteiger partial charge on any atom is 0.296 e. The number of Topliss-reactive ketones (excluding diaryl/α,β-unsaturated/α-hetero) is 1. The molecule has 2 aromatic rings. The van der Waals surface area contributed by atoms with Crippen LogP contribution in [0.3, 0.4) is 0 Å². The van der Waals surface area contributed by atoms with Gasteiger partial charge in [-0.05, 0) is 36.8 Å². The van der Waals surface area contributed by atoms with Gasteiger partial charge in [0.05, 0.1) is 12.2 Å². The lowest BCUT2D eigenvalue weighted by Gasteiger charge is -2.34. The van der Waals surface area contributed by atoms with E-state index in [0.29, 0.717) is 23.2 Å². The average molecular weight is 448 g/mol. The van der Waals surface area contributed by atoms with Crippen LogP contribution in [-0.4, -0.2) is 61.0 Å². The Kier molecular flexibility index (Phi) is 4.79. The summed E-state index contributed by atoms with van der Waals surface area (Å²) < 4.78 is 10.9. The summed E-state index contributed by atoms with van der Waals surface area (Å²) in [5.74, 6) is -1.87. The Balaban J connectivity index is 1.78. The summed E-state index contributed by atoms with van der Waals surface area (Å²) in [6, 6.07) is 12.1. The molecule has 33 heavy (non-hydrogen) atoms. The zero-order chi connectivity index (χ0) is 23.5. The lowest BCUT2D eigenvalue weighted by Crippen LogP contribution is -2.52. The number of carbonyl (C=O) groups is 3. The van der Waals surface area contributed by atoms with Crippen molar-refractivity contribution in [3.05, 3.63) is 64.7 Å². The minimum atomic E-state index is -1.76. The van der Waals surface area contributed by atoms with Crippen LogP contribution in [0.2, 0.25) is 0 Å². The molecular weight excluding hydrogens is 424 g/mol. The normalized spacial score (nSPS) is 25.1.